The zero-order chi connectivity index (χ0) is 19.1. The standard InChI is InChI=1S/C19H19F3N2O2/c1-12-11-16(17(25)19(20,21)22)13(2)24(12)15-7-5-14(6-8-15)18(26)23-9-3-4-10-23/h5-8,11H,3-4,9-10H2,1-2H3. The summed E-state index contributed by atoms with van der Waals surface area (Å²) in [6.45, 7) is 4.62. The second-order valence-corrected chi connectivity index (χ2v) is 6.49. The normalized spacial score (nSPS) is 14.7. The summed E-state index contributed by atoms with van der Waals surface area (Å²) in [7, 11) is 0. The molecule has 2 aromatic rings. The highest BCUT2D eigenvalue weighted by Gasteiger charge is 2.41. The molecule has 0 bridgehead atoms. The maximum atomic E-state index is 12.7. The van der Waals surface area contributed by atoms with Gasteiger partial charge in [0.2, 0.25) is 0 Å². The summed E-state index contributed by atoms with van der Waals surface area (Å²) in [6.07, 6.45) is -2.90. The topological polar surface area (TPSA) is 42.3 Å². The van der Waals surface area contributed by atoms with E-state index in [1.165, 1.54) is 13.0 Å². The number of amides is 1. The van der Waals surface area contributed by atoms with Crippen LogP contribution in [0, 0.1) is 13.8 Å². The highest BCUT2D eigenvalue weighted by atomic mass is 19.4. The Hall–Kier alpha value is -2.57. The van der Waals surface area contributed by atoms with Crippen LogP contribution in [0.15, 0.2) is 30.3 Å². The summed E-state index contributed by atoms with van der Waals surface area (Å²) in [6, 6.07) is 7.95. The van der Waals surface area contributed by atoms with Crippen molar-refractivity contribution in [3.63, 3.8) is 0 Å². The van der Waals surface area contributed by atoms with Crippen LogP contribution in [0.3, 0.4) is 0 Å². The van der Waals surface area contributed by atoms with Crippen molar-refractivity contribution in [2.45, 2.75) is 32.9 Å². The Morgan fingerprint density at radius 2 is 1.58 bits per heavy atom. The molecule has 26 heavy (non-hydrogen) atoms. The molecule has 0 unspecified atom stereocenters. The minimum Gasteiger partial charge on any atom is -0.339 e. The Balaban J connectivity index is 1.91. The molecular formula is C19H19F3N2O2. The van der Waals surface area contributed by atoms with Crippen molar-refractivity contribution in [1.29, 1.82) is 0 Å². The van der Waals surface area contributed by atoms with Crippen molar-refractivity contribution >= 4 is 11.7 Å². The third kappa shape index (κ3) is 3.25. The fourth-order valence-corrected chi connectivity index (χ4v) is 3.40. The van der Waals surface area contributed by atoms with Crippen LogP contribution in [0.2, 0.25) is 0 Å². The summed E-state index contributed by atoms with van der Waals surface area (Å²) < 4.78 is 39.8. The molecule has 138 valence electrons. The first-order valence-corrected chi connectivity index (χ1v) is 8.40. The second-order valence-electron chi connectivity index (χ2n) is 6.49. The molecule has 1 aliphatic rings. The maximum Gasteiger partial charge on any atom is 0.454 e. The first-order valence-electron chi connectivity index (χ1n) is 8.40. The molecule has 0 aliphatic carbocycles. The van der Waals surface area contributed by atoms with E-state index in [9.17, 15) is 22.8 Å². The molecule has 2 heterocycles. The molecule has 0 atom stereocenters. The predicted octanol–water partition coefficient (Wildman–Crippen LogP) is 4.08. The van der Waals surface area contributed by atoms with Crippen molar-refractivity contribution in [3.05, 3.63) is 52.8 Å². The van der Waals surface area contributed by atoms with Gasteiger partial charge in [-0.25, -0.2) is 0 Å². The lowest BCUT2D eigenvalue weighted by molar-refractivity contribution is -0.0885. The number of Topliss-reactive ketones (excluding diaryl/α,β-unsaturated/α-hetero) is 1. The lowest BCUT2D eigenvalue weighted by Gasteiger charge is -2.16. The molecule has 1 aliphatic heterocycles. The summed E-state index contributed by atoms with van der Waals surface area (Å²) >= 11 is 0. The van der Waals surface area contributed by atoms with Crippen LogP contribution in [0.5, 0.6) is 0 Å². The number of carbonyl (C=O) groups excluding carboxylic acids is 2. The van der Waals surface area contributed by atoms with Gasteiger partial charge in [-0.05, 0) is 57.0 Å². The number of alkyl halides is 3. The van der Waals surface area contributed by atoms with Gasteiger partial charge in [0.05, 0.1) is 0 Å². The first-order chi connectivity index (χ1) is 12.2. The van der Waals surface area contributed by atoms with Crippen LogP contribution >= 0.6 is 0 Å². The smallest absolute Gasteiger partial charge is 0.339 e. The predicted molar refractivity (Wildman–Crippen MR) is 90.8 cm³/mol. The quantitative estimate of drug-likeness (QED) is 0.771. The second kappa shape index (κ2) is 6.63. The highest BCUT2D eigenvalue weighted by molar-refractivity contribution is 6.01. The Kier molecular flexibility index (Phi) is 4.64. The number of hydrogen-bond acceptors (Lipinski definition) is 2. The molecule has 1 fully saturated rings. The zero-order valence-corrected chi connectivity index (χ0v) is 14.6. The van der Waals surface area contributed by atoms with Crippen molar-refractivity contribution in [3.8, 4) is 5.69 Å². The van der Waals surface area contributed by atoms with Crippen LogP contribution in [-0.4, -0.2) is 40.4 Å². The van der Waals surface area contributed by atoms with Crippen molar-refractivity contribution < 1.29 is 22.8 Å². The Labute approximate surface area is 149 Å². The summed E-state index contributed by atoms with van der Waals surface area (Å²) in [5, 5.41) is 0. The molecule has 1 aromatic heterocycles. The van der Waals surface area contributed by atoms with Crippen molar-refractivity contribution in [1.82, 2.24) is 9.47 Å². The average molecular weight is 364 g/mol. The minimum atomic E-state index is -4.91. The van der Waals surface area contributed by atoms with E-state index in [-0.39, 0.29) is 17.2 Å². The molecule has 0 N–H and O–H groups in total. The van der Waals surface area contributed by atoms with E-state index in [4.69, 9.17) is 0 Å². The zero-order valence-electron chi connectivity index (χ0n) is 14.6. The van der Waals surface area contributed by atoms with E-state index in [2.05, 4.69) is 0 Å². The molecule has 4 nitrogen and oxygen atoms in total. The number of likely N-dealkylation sites (tertiary alicyclic amines) is 1. The number of aromatic nitrogens is 1. The fraction of sp³-hybridized carbons (Fsp3) is 0.368. The molecule has 1 aromatic carbocycles. The minimum absolute atomic E-state index is 0.0389. The molecule has 0 saturated carbocycles. The Morgan fingerprint density at radius 1 is 1.00 bits per heavy atom. The fourth-order valence-electron chi connectivity index (χ4n) is 3.40. The van der Waals surface area contributed by atoms with Gasteiger partial charge in [-0.1, -0.05) is 0 Å². The molecular weight excluding hydrogens is 345 g/mol. The van der Waals surface area contributed by atoms with Crippen LogP contribution in [0.25, 0.3) is 5.69 Å². The number of rotatable bonds is 3. The van der Waals surface area contributed by atoms with Crippen LogP contribution < -0.4 is 0 Å². The van der Waals surface area contributed by atoms with Crippen LogP contribution in [0.1, 0.15) is 44.9 Å². The van der Waals surface area contributed by atoms with E-state index in [1.54, 1.807) is 40.7 Å². The number of nitrogens with zero attached hydrogens (tertiary/aromatic N) is 2. The Morgan fingerprint density at radius 3 is 2.12 bits per heavy atom. The molecule has 1 amide bonds. The average Bonchev–Trinajstić information content (AvgIpc) is 3.21. The van der Waals surface area contributed by atoms with Crippen LogP contribution in [-0.2, 0) is 0 Å². The highest BCUT2D eigenvalue weighted by Crippen LogP contribution is 2.28. The maximum absolute atomic E-state index is 12.7. The summed E-state index contributed by atoms with van der Waals surface area (Å²) in [5.41, 5.74) is 1.55. The van der Waals surface area contributed by atoms with Gasteiger partial charge in [0, 0.05) is 41.3 Å². The van der Waals surface area contributed by atoms with Crippen molar-refractivity contribution in [2.24, 2.45) is 0 Å². The number of carbonyl (C=O) groups is 2. The van der Waals surface area contributed by atoms with Gasteiger partial charge in [0.25, 0.3) is 11.7 Å². The largest absolute Gasteiger partial charge is 0.454 e. The number of hydrogen-bond donors (Lipinski definition) is 0. The summed E-state index contributed by atoms with van der Waals surface area (Å²) in [5.74, 6) is -1.89. The van der Waals surface area contributed by atoms with Gasteiger partial charge >= 0.3 is 6.18 Å². The van der Waals surface area contributed by atoms with Gasteiger partial charge < -0.3 is 9.47 Å². The van der Waals surface area contributed by atoms with Crippen molar-refractivity contribution in [2.75, 3.05) is 13.1 Å². The first kappa shape index (κ1) is 18.2. The Bertz CT molecular complexity index is 845. The van der Waals surface area contributed by atoms with Gasteiger partial charge in [-0.15, -0.1) is 0 Å². The van der Waals surface area contributed by atoms with E-state index in [0.717, 1.165) is 25.9 Å². The third-order valence-corrected chi connectivity index (χ3v) is 4.70. The molecule has 7 heteroatoms. The number of aryl methyl sites for hydroxylation is 1. The van der Waals surface area contributed by atoms with E-state index in [1.807, 2.05) is 0 Å². The lowest BCUT2D eigenvalue weighted by Crippen LogP contribution is -2.27. The third-order valence-electron chi connectivity index (χ3n) is 4.70. The van der Waals surface area contributed by atoms with E-state index >= 15 is 0 Å². The number of ketones is 1. The van der Waals surface area contributed by atoms with Gasteiger partial charge in [-0.2, -0.15) is 13.2 Å². The molecule has 0 spiro atoms. The van der Waals surface area contributed by atoms with E-state index < -0.39 is 12.0 Å². The molecule has 3 rings (SSSR count). The van der Waals surface area contributed by atoms with Gasteiger partial charge in [0.1, 0.15) is 0 Å². The van der Waals surface area contributed by atoms with Gasteiger partial charge in [-0.3, -0.25) is 9.59 Å². The number of benzene rings is 1. The lowest BCUT2D eigenvalue weighted by atomic mass is 10.1. The van der Waals surface area contributed by atoms with Gasteiger partial charge in [0.15, 0.2) is 0 Å². The van der Waals surface area contributed by atoms with Crippen LogP contribution in [0.4, 0.5) is 13.2 Å². The number of halogens is 3. The summed E-state index contributed by atoms with van der Waals surface area (Å²) in [4.78, 5) is 25.8. The monoisotopic (exact) mass is 364 g/mol. The van der Waals surface area contributed by atoms with E-state index in [0.29, 0.717) is 16.9 Å². The SMILES string of the molecule is Cc1cc(C(=O)C(F)(F)F)c(C)n1-c1ccc(C(=O)N2CCCC2)cc1. The molecule has 0 radical (unpaired) electrons. The molecule has 1 saturated heterocycles.